The molecule has 1 aromatic rings. The normalized spacial score (nSPS) is 9.57. The Morgan fingerprint density at radius 3 is 2.64 bits per heavy atom. The second kappa shape index (κ2) is 5.47. The van der Waals surface area contributed by atoms with Gasteiger partial charge in [0.2, 0.25) is 0 Å². The summed E-state index contributed by atoms with van der Waals surface area (Å²) in [6.45, 7) is 0.0577. The molecule has 0 aromatic heterocycles. The first-order chi connectivity index (χ1) is 6.72. The van der Waals surface area contributed by atoms with Gasteiger partial charge in [-0.05, 0) is 24.3 Å². The molecular formula is C9H10ClNO3. The molecule has 0 atom stereocenters. The quantitative estimate of drug-likeness (QED) is 0.802. The minimum Gasteiger partial charge on any atom is -0.410 e. The number of carbonyl (C=O) groups excluding carboxylic acids is 1. The van der Waals surface area contributed by atoms with E-state index in [0.717, 1.165) is 0 Å². The summed E-state index contributed by atoms with van der Waals surface area (Å²) in [6, 6.07) is 6.41. The van der Waals surface area contributed by atoms with Crippen LogP contribution >= 0.6 is 11.6 Å². The first-order valence-electron chi connectivity index (χ1n) is 4.04. The molecule has 0 aliphatic rings. The lowest BCUT2D eigenvalue weighted by atomic mass is 10.3. The van der Waals surface area contributed by atoms with Gasteiger partial charge in [-0.2, -0.15) is 0 Å². The molecule has 0 saturated carbocycles. The highest BCUT2D eigenvalue weighted by Crippen LogP contribution is 2.15. The Morgan fingerprint density at radius 1 is 1.43 bits per heavy atom. The first-order valence-corrected chi connectivity index (χ1v) is 4.42. The van der Waals surface area contributed by atoms with E-state index < -0.39 is 6.09 Å². The van der Waals surface area contributed by atoms with E-state index in [1.165, 1.54) is 0 Å². The largest absolute Gasteiger partial charge is 0.412 e. The first kappa shape index (κ1) is 10.8. The minimum absolute atomic E-state index is 0.115. The van der Waals surface area contributed by atoms with Gasteiger partial charge in [-0.25, -0.2) is 4.79 Å². The van der Waals surface area contributed by atoms with E-state index in [4.69, 9.17) is 21.4 Å². The van der Waals surface area contributed by atoms with Gasteiger partial charge in [0, 0.05) is 11.6 Å². The number of benzene rings is 1. The van der Waals surface area contributed by atoms with Crippen LogP contribution in [-0.2, 0) is 0 Å². The Morgan fingerprint density at radius 2 is 2.07 bits per heavy atom. The van der Waals surface area contributed by atoms with Gasteiger partial charge in [-0.1, -0.05) is 11.6 Å². The minimum atomic E-state index is -0.596. The van der Waals surface area contributed by atoms with Gasteiger partial charge in [0.1, 0.15) is 5.75 Å². The lowest BCUT2D eigenvalue weighted by Gasteiger charge is -2.04. The number of amides is 1. The molecule has 1 rings (SSSR count). The molecule has 0 bridgehead atoms. The van der Waals surface area contributed by atoms with E-state index in [-0.39, 0.29) is 13.2 Å². The topological polar surface area (TPSA) is 58.6 Å². The summed E-state index contributed by atoms with van der Waals surface area (Å²) in [5, 5.41) is 11.4. The Hall–Kier alpha value is -1.26. The highest BCUT2D eigenvalue weighted by atomic mass is 35.5. The van der Waals surface area contributed by atoms with Crippen molar-refractivity contribution < 1.29 is 14.6 Å². The van der Waals surface area contributed by atoms with Crippen molar-refractivity contribution in [2.45, 2.75) is 0 Å². The van der Waals surface area contributed by atoms with E-state index in [0.29, 0.717) is 10.8 Å². The fourth-order valence-corrected chi connectivity index (χ4v) is 0.930. The monoisotopic (exact) mass is 215 g/mol. The standard InChI is InChI=1S/C9H10ClNO3/c10-7-1-3-8(4-2-7)14-9(13)11-5-6-12/h1-4,12H,5-6H2,(H,11,13). The van der Waals surface area contributed by atoms with Crippen molar-refractivity contribution in [1.82, 2.24) is 5.32 Å². The summed E-state index contributed by atoms with van der Waals surface area (Å²) >= 11 is 5.64. The fourth-order valence-electron chi connectivity index (χ4n) is 0.804. The molecule has 1 aromatic carbocycles. The summed E-state index contributed by atoms with van der Waals surface area (Å²) in [5.41, 5.74) is 0. The van der Waals surface area contributed by atoms with Crippen molar-refractivity contribution in [3.8, 4) is 5.75 Å². The Bertz CT molecular complexity index is 299. The van der Waals surface area contributed by atoms with Crippen molar-refractivity contribution in [3.63, 3.8) is 0 Å². The third kappa shape index (κ3) is 3.64. The zero-order valence-corrected chi connectivity index (χ0v) is 8.12. The number of aliphatic hydroxyl groups is 1. The molecule has 76 valence electrons. The number of hydrogen-bond acceptors (Lipinski definition) is 3. The van der Waals surface area contributed by atoms with Gasteiger partial charge >= 0.3 is 6.09 Å². The molecule has 0 heterocycles. The number of aliphatic hydroxyl groups excluding tert-OH is 1. The molecular weight excluding hydrogens is 206 g/mol. The van der Waals surface area contributed by atoms with Crippen LogP contribution < -0.4 is 10.1 Å². The predicted molar refractivity (Wildman–Crippen MR) is 52.6 cm³/mol. The van der Waals surface area contributed by atoms with Crippen molar-refractivity contribution in [2.24, 2.45) is 0 Å². The maximum atomic E-state index is 11.0. The number of halogens is 1. The van der Waals surface area contributed by atoms with Gasteiger partial charge in [-0.15, -0.1) is 0 Å². The molecule has 14 heavy (non-hydrogen) atoms. The smallest absolute Gasteiger partial charge is 0.410 e. The van der Waals surface area contributed by atoms with Crippen LogP contribution in [0.2, 0.25) is 5.02 Å². The molecule has 0 spiro atoms. The van der Waals surface area contributed by atoms with E-state index in [2.05, 4.69) is 5.32 Å². The lowest BCUT2D eigenvalue weighted by molar-refractivity contribution is 0.195. The average molecular weight is 216 g/mol. The predicted octanol–water partition coefficient (Wildman–Crippen LogP) is 1.42. The van der Waals surface area contributed by atoms with Crippen LogP contribution in [0.3, 0.4) is 0 Å². The number of hydrogen-bond donors (Lipinski definition) is 2. The van der Waals surface area contributed by atoms with E-state index in [1.807, 2.05) is 0 Å². The van der Waals surface area contributed by atoms with Crippen LogP contribution in [0.1, 0.15) is 0 Å². The molecule has 0 radical (unpaired) electrons. The fraction of sp³-hybridized carbons (Fsp3) is 0.222. The van der Waals surface area contributed by atoms with Gasteiger partial charge in [0.25, 0.3) is 0 Å². The Balaban J connectivity index is 2.44. The average Bonchev–Trinajstić information content (AvgIpc) is 2.18. The van der Waals surface area contributed by atoms with Crippen molar-refractivity contribution >= 4 is 17.7 Å². The zero-order chi connectivity index (χ0) is 10.4. The van der Waals surface area contributed by atoms with Crippen molar-refractivity contribution in [2.75, 3.05) is 13.2 Å². The highest BCUT2D eigenvalue weighted by Gasteiger charge is 2.02. The third-order valence-corrected chi connectivity index (χ3v) is 1.66. The molecule has 5 heteroatoms. The second-order valence-electron chi connectivity index (χ2n) is 2.49. The van der Waals surface area contributed by atoms with Gasteiger partial charge in [0.15, 0.2) is 0 Å². The molecule has 0 aliphatic heterocycles. The summed E-state index contributed by atoms with van der Waals surface area (Å²) in [4.78, 5) is 11.0. The summed E-state index contributed by atoms with van der Waals surface area (Å²) < 4.78 is 4.85. The Labute approximate surface area is 86.4 Å². The summed E-state index contributed by atoms with van der Waals surface area (Å²) in [5.74, 6) is 0.407. The van der Waals surface area contributed by atoms with Gasteiger partial charge in [-0.3, -0.25) is 0 Å². The van der Waals surface area contributed by atoms with Crippen molar-refractivity contribution in [1.29, 1.82) is 0 Å². The van der Waals surface area contributed by atoms with Crippen molar-refractivity contribution in [3.05, 3.63) is 29.3 Å². The summed E-state index contributed by atoms with van der Waals surface area (Å²) in [6.07, 6.45) is -0.596. The molecule has 4 nitrogen and oxygen atoms in total. The number of carbonyl (C=O) groups is 1. The third-order valence-electron chi connectivity index (χ3n) is 1.41. The van der Waals surface area contributed by atoms with Crippen LogP contribution in [0.25, 0.3) is 0 Å². The highest BCUT2D eigenvalue weighted by molar-refractivity contribution is 6.30. The maximum Gasteiger partial charge on any atom is 0.412 e. The second-order valence-corrected chi connectivity index (χ2v) is 2.93. The molecule has 2 N–H and O–H groups in total. The van der Waals surface area contributed by atoms with Gasteiger partial charge < -0.3 is 15.2 Å². The van der Waals surface area contributed by atoms with Crippen LogP contribution in [0, 0.1) is 0 Å². The number of ether oxygens (including phenoxy) is 1. The Kier molecular flexibility index (Phi) is 4.22. The zero-order valence-electron chi connectivity index (χ0n) is 7.37. The lowest BCUT2D eigenvalue weighted by Crippen LogP contribution is -2.29. The number of rotatable bonds is 3. The maximum absolute atomic E-state index is 11.0. The van der Waals surface area contributed by atoms with Crippen LogP contribution in [0.5, 0.6) is 5.75 Å². The molecule has 0 unspecified atom stereocenters. The molecule has 0 saturated heterocycles. The summed E-state index contributed by atoms with van der Waals surface area (Å²) in [7, 11) is 0. The van der Waals surface area contributed by atoms with E-state index >= 15 is 0 Å². The molecule has 1 amide bonds. The van der Waals surface area contributed by atoms with E-state index in [9.17, 15) is 4.79 Å². The van der Waals surface area contributed by atoms with Crippen LogP contribution in [0.15, 0.2) is 24.3 Å². The van der Waals surface area contributed by atoms with Crippen LogP contribution in [0.4, 0.5) is 4.79 Å². The molecule has 0 aliphatic carbocycles. The van der Waals surface area contributed by atoms with Crippen LogP contribution in [-0.4, -0.2) is 24.4 Å². The SMILES string of the molecule is O=C(NCCO)Oc1ccc(Cl)cc1. The number of nitrogens with one attached hydrogen (secondary N) is 1. The molecule has 0 fully saturated rings. The van der Waals surface area contributed by atoms with Gasteiger partial charge in [0.05, 0.1) is 6.61 Å². The van der Waals surface area contributed by atoms with E-state index in [1.54, 1.807) is 24.3 Å².